The van der Waals surface area contributed by atoms with Crippen LogP contribution in [0.1, 0.15) is 32.6 Å². The fourth-order valence-electron chi connectivity index (χ4n) is 2.44. The van der Waals surface area contributed by atoms with Crippen LogP contribution in [0.5, 0.6) is 0 Å². The predicted molar refractivity (Wildman–Crippen MR) is 83.2 cm³/mol. The summed E-state index contributed by atoms with van der Waals surface area (Å²) in [5.74, 6) is 0.550. The average molecular weight is 326 g/mol. The van der Waals surface area contributed by atoms with Crippen LogP contribution in [-0.2, 0) is 10.0 Å². The second-order valence-electron chi connectivity index (χ2n) is 5.47. The summed E-state index contributed by atoms with van der Waals surface area (Å²) in [5, 5.41) is 20.3. The van der Waals surface area contributed by atoms with Crippen LogP contribution in [0.25, 0.3) is 0 Å². The molecule has 0 aromatic heterocycles. The van der Waals surface area contributed by atoms with E-state index >= 15 is 0 Å². The molecule has 1 saturated carbocycles. The lowest BCUT2D eigenvalue weighted by molar-refractivity contribution is -0.384. The van der Waals surface area contributed by atoms with Gasteiger partial charge in [-0.15, -0.1) is 0 Å². The molecule has 2 rings (SSSR count). The molecule has 1 atom stereocenters. The minimum absolute atomic E-state index is 0.142. The van der Waals surface area contributed by atoms with Crippen molar-refractivity contribution in [3.63, 3.8) is 0 Å². The quantitative estimate of drug-likeness (QED) is 0.647. The number of benzene rings is 1. The highest BCUT2D eigenvalue weighted by Gasteiger charge is 2.19. The van der Waals surface area contributed by atoms with Crippen molar-refractivity contribution >= 4 is 27.1 Å². The Balaban J connectivity index is 2.27. The number of nitro groups is 1. The first-order valence-corrected chi connectivity index (χ1v) is 8.44. The zero-order valence-electron chi connectivity index (χ0n) is 12.2. The molecule has 0 bridgehead atoms. The van der Waals surface area contributed by atoms with E-state index in [-0.39, 0.29) is 16.3 Å². The minimum Gasteiger partial charge on any atom is -0.272 e. The van der Waals surface area contributed by atoms with Gasteiger partial charge in [0.25, 0.3) is 5.69 Å². The number of primary sulfonamides is 1. The van der Waals surface area contributed by atoms with Crippen molar-refractivity contribution in [2.75, 3.05) is 5.43 Å². The van der Waals surface area contributed by atoms with Crippen molar-refractivity contribution in [1.29, 1.82) is 0 Å². The Morgan fingerprint density at radius 3 is 2.77 bits per heavy atom. The monoisotopic (exact) mass is 326 g/mol. The molecule has 1 aliphatic rings. The first-order valence-electron chi connectivity index (χ1n) is 6.90. The van der Waals surface area contributed by atoms with Crippen LogP contribution in [0, 0.1) is 16.0 Å². The van der Waals surface area contributed by atoms with E-state index in [9.17, 15) is 18.5 Å². The molecule has 3 N–H and O–H groups in total. The summed E-state index contributed by atoms with van der Waals surface area (Å²) in [6.07, 6.45) is 3.92. The lowest BCUT2D eigenvalue weighted by Crippen LogP contribution is -2.14. The Hall–Kier alpha value is -2.00. The maximum atomic E-state index is 11.3. The minimum atomic E-state index is -3.99. The largest absolute Gasteiger partial charge is 0.295 e. The third-order valence-electron chi connectivity index (χ3n) is 3.58. The number of nitrogens with zero attached hydrogens (tertiary/aromatic N) is 2. The Bertz CT molecular complexity index is 715. The molecule has 120 valence electrons. The molecule has 1 fully saturated rings. The summed E-state index contributed by atoms with van der Waals surface area (Å²) < 4.78 is 22.5. The first-order chi connectivity index (χ1) is 10.3. The molecule has 0 spiro atoms. The number of nitrogens with one attached hydrogen (secondary N) is 1. The molecule has 8 nitrogen and oxygen atoms in total. The van der Waals surface area contributed by atoms with Gasteiger partial charge in [-0.25, -0.2) is 13.6 Å². The second-order valence-corrected chi connectivity index (χ2v) is 7.03. The molecule has 0 unspecified atom stereocenters. The highest BCUT2D eigenvalue weighted by atomic mass is 32.2. The maximum absolute atomic E-state index is 11.3. The zero-order chi connectivity index (χ0) is 16.3. The summed E-state index contributed by atoms with van der Waals surface area (Å²) >= 11 is 0. The number of nitrogens with two attached hydrogens (primary N) is 1. The van der Waals surface area contributed by atoms with Crippen molar-refractivity contribution in [3.05, 3.63) is 28.3 Å². The van der Waals surface area contributed by atoms with Gasteiger partial charge in [0.2, 0.25) is 10.0 Å². The Morgan fingerprint density at radius 1 is 1.45 bits per heavy atom. The van der Waals surface area contributed by atoms with E-state index in [1.807, 2.05) is 0 Å². The Kier molecular flexibility index (Phi) is 4.77. The van der Waals surface area contributed by atoms with E-state index in [4.69, 9.17) is 5.14 Å². The van der Waals surface area contributed by atoms with Gasteiger partial charge < -0.3 is 0 Å². The molecule has 0 saturated heterocycles. The number of nitro benzene ring substituents is 1. The number of hydrazone groups is 1. The van der Waals surface area contributed by atoms with Gasteiger partial charge in [-0.3, -0.25) is 15.5 Å². The van der Waals surface area contributed by atoms with Crippen LogP contribution in [0.3, 0.4) is 0 Å². The van der Waals surface area contributed by atoms with E-state index in [2.05, 4.69) is 17.5 Å². The van der Waals surface area contributed by atoms with E-state index in [0.717, 1.165) is 37.5 Å². The first kappa shape index (κ1) is 16.4. The fourth-order valence-corrected chi connectivity index (χ4v) is 2.97. The van der Waals surface area contributed by atoms with Crippen LogP contribution in [0.4, 0.5) is 11.4 Å². The fraction of sp³-hybridized carbons (Fsp3) is 0.462. The third-order valence-corrected chi connectivity index (χ3v) is 4.49. The molecule has 1 aromatic carbocycles. The van der Waals surface area contributed by atoms with Gasteiger partial charge in [0.15, 0.2) is 0 Å². The SMILES string of the molecule is C[C@H]1CCC/C(=N/Nc2ccc(S(N)(=O)=O)cc2[N+](=O)[O-])C1. The van der Waals surface area contributed by atoms with Gasteiger partial charge in [-0.1, -0.05) is 6.92 Å². The molecule has 1 aromatic rings. The number of anilines is 1. The normalized spacial score (nSPS) is 20.8. The molecule has 0 radical (unpaired) electrons. The molecule has 0 heterocycles. The zero-order valence-corrected chi connectivity index (χ0v) is 13.0. The van der Waals surface area contributed by atoms with Crippen molar-refractivity contribution < 1.29 is 13.3 Å². The van der Waals surface area contributed by atoms with Gasteiger partial charge in [-0.05, 0) is 43.7 Å². The van der Waals surface area contributed by atoms with E-state index in [1.165, 1.54) is 12.1 Å². The number of rotatable bonds is 4. The van der Waals surface area contributed by atoms with Crippen LogP contribution in [-0.4, -0.2) is 19.1 Å². The van der Waals surface area contributed by atoms with Crippen molar-refractivity contribution in [1.82, 2.24) is 0 Å². The number of sulfonamides is 1. The van der Waals surface area contributed by atoms with Crippen LogP contribution >= 0.6 is 0 Å². The average Bonchev–Trinajstić information content (AvgIpc) is 2.44. The summed E-state index contributed by atoms with van der Waals surface area (Å²) in [5.41, 5.74) is 3.40. The summed E-state index contributed by atoms with van der Waals surface area (Å²) in [7, 11) is -3.99. The molecule has 0 amide bonds. The molecule has 9 heteroatoms. The second kappa shape index (κ2) is 6.41. The van der Waals surface area contributed by atoms with Gasteiger partial charge in [0, 0.05) is 11.8 Å². The highest BCUT2D eigenvalue weighted by molar-refractivity contribution is 7.89. The van der Waals surface area contributed by atoms with Gasteiger partial charge >= 0.3 is 0 Å². The standard InChI is InChI=1S/C13H18N4O4S/c1-9-3-2-4-10(7-9)15-16-12-6-5-11(22(14,20)21)8-13(12)17(18)19/h5-6,8-9,16H,2-4,7H2,1H3,(H2,14,20,21)/b15-10-/t9-/m0/s1. The van der Waals surface area contributed by atoms with Crippen LogP contribution < -0.4 is 10.6 Å². The molecular formula is C13H18N4O4S. The van der Waals surface area contributed by atoms with Gasteiger partial charge in [0.05, 0.1) is 9.82 Å². The summed E-state index contributed by atoms with van der Waals surface area (Å²) in [4.78, 5) is 10.1. The van der Waals surface area contributed by atoms with E-state index in [1.54, 1.807) is 0 Å². The lowest BCUT2D eigenvalue weighted by Gasteiger charge is -2.19. The Morgan fingerprint density at radius 2 is 2.18 bits per heavy atom. The van der Waals surface area contributed by atoms with Crippen LogP contribution in [0.15, 0.2) is 28.2 Å². The van der Waals surface area contributed by atoms with E-state index < -0.39 is 14.9 Å². The van der Waals surface area contributed by atoms with E-state index in [0.29, 0.717) is 5.92 Å². The predicted octanol–water partition coefficient (Wildman–Crippen LogP) is 2.22. The lowest BCUT2D eigenvalue weighted by atomic mass is 9.89. The highest BCUT2D eigenvalue weighted by Crippen LogP contribution is 2.28. The van der Waals surface area contributed by atoms with Crippen LogP contribution in [0.2, 0.25) is 0 Å². The Labute approximate surface area is 128 Å². The molecular weight excluding hydrogens is 308 g/mol. The van der Waals surface area contributed by atoms with Crippen molar-refractivity contribution in [3.8, 4) is 0 Å². The summed E-state index contributed by atoms with van der Waals surface area (Å²) in [6.45, 7) is 2.14. The molecule has 0 aliphatic heterocycles. The van der Waals surface area contributed by atoms with Gasteiger partial charge in [0.1, 0.15) is 5.69 Å². The van der Waals surface area contributed by atoms with Crippen molar-refractivity contribution in [2.24, 2.45) is 16.2 Å². The smallest absolute Gasteiger partial charge is 0.272 e. The molecule has 1 aliphatic carbocycles. The molecule has 22 heavy (non-hydrogen) atoms. The number of hydrogen-bond donors (Lipinski definition) is 2. The summed E-state index contributed by atoms with van der Waals surface area (Å²) in [6, 6.07) is 3.45. The van der Waals surface area contributed by atoms with Crippen molar-refractivity contribution in [2.45, 2.75) is 37.5 Å². The third kappa shape index (κ3) is 4.01. The maximum Gasteiger partial charge on any atom is 0.295 e. The topological polar surface area (TPSA) is 128 Å². The van der Waals surface area contributed by atoms with Gasteiger partial charge in [-0.2, -0.15) is 5.10 Å². The number of hydrogen-bond acceptors (Lipinski definition) is 6.